The van der Waals surface area contributed by atoms with Gasteiger partial charge in [-0.1, -0.05) is 11.6 Å². The number of thiophene rings is 1. The standard InChI is InChI=1S/C14H15ClINO2S/c1-17-13(8-6-11(16)20-7-8)9-4-5-10(18-2)12(15)14(9)19-3/h4-7,13,17H,1-3H3. The Morgan fingerprint density at radius 2 is 2.05 bits per heavy atom. The number of benzene rings is 1. The summed E-state index contributed by atoms with van der Waals surface area (Å²) in [6.07, 6.45) is 0. The van der Waals surface area contributed by atoms with Crippen LogP contribution in [0.5, 0.6) is 11.5 Å². The number of hydrogen-bond acceptors (Lipinski definition) is 4. The zero-order valence-corrected chi connectivity index (χ0v) is 15.1. The van der Waals surface area contributed by atoms with E-state index in [0.29, 0.717) is 16.5 Å². The first-order valence-corrected chi connectivity index (χ1v) is 8.27. The minimum atomic E-state index is 0.0353. The van der Waals surface area contributed by atoms with Crippen LogP contribution >= 0.6 is 45.5 Å². The summed E-state index contributed by atoms with van der Waals surface area (Å²) in [6, 6.07) is 6.04. The molecule has 2 rings (SSSR count). The van der Waals surface area contributed by atoms with Gasteiger partial charge in [0.25, 0.3) is 0 Å². The second kappa shape index (κ2) is 6.98. The van der Waals surface area contributed by atoms with E-state index >= 15 is 0 Å². The molecule has 1 aromatic heterocycles. The Morgan fingerprint density at radius 1 is 1.30 bits per heavy atom. The molecule has 0 spiro atoms. The molecule has 1 N–H and O–H groups in total. The van der Waals surface area contributed by atoms with Crippen LogP contribution in [-0.4, -0.2) is 21.3 Å². The van der Waals surface area contributed by atoms with Crippen LogP contribution in [0.3, 0.4) is 0 Å². The van der Waals surface area contributed by atoms with E-state index in [0.717, 1.165) is 5.56 Å². The van der Waals surface area contributed by atoms with Gasteiger partial charge in [0.05, 0.1) is 23.1 Å². The largest absolute Gasteiger partial charge is 0.495 e. The number of nitrogens with one attached hydrogen (secondary N) is 1. The summed E-state index contributed by atoms with van der Waals surface area (Å²) in [7, 11) is 5.14. The van der Waals surface area contributed by atoms with Crippen LogP contribution in [0.15, 0.2) is 23.6 Å². The first-order chi connectivity index (χ1) is 9.62. The smallest absolute Gasteiger partial charge is 0.146 e. The molecule has 0 aliphatic carbocycles. The van der Waals surface area contributed by atoms with E-state index in [-0.39, 0.29) is 6.04 Å². The normalized spacial score (nSPS) is 12.2. The Bertz CT molecular complexity index is 603. The molecule has 0 fully saturated rings. The summed E-state index contributed by atoms with van der Waals surface area (Å²) in [5.74, 6) is 1.26. The Labute approximate surface area is 141 Å². The van der Waals surface area contributed by atoms with Crippen LogP contribution in [0.25, 0.3) is 0 Å². The Balaban J connectivity index is 2.52. The van der Waals surface area contributed by atoms with Crippen LogP contribution in [0.1, 0.15) is 17.2 Å². The van der Waals surface area contributed by atoms with Gasteiger partial charge in [0.15, 0.2) is 0 Å². The number of ether oxygens (including phenoxy) is 2. The third-order valence-corrected chi connectivity index (χ3v) is 5.20. The van der Waals surface area contributed by atoms with Crippen molar-refractivity contribution in [3.8, 4) is 11.5 Å². The van der Waals surface area contributed by atoms with Crippen molar-refractivity contribution in [2.75, 3.05) is 21.3 Å². The average Bonchev–Trinajstić information content (AvgIpc) is 2.86. The molecule has 0 saturated heterocycles. The quantitative estimate of drug-likeness (QED) is 0.726. The van der Waals surface area contributed by atoms with Crippen molar-refractivity contribution in [3.05, 3.63) is 42.6 Å². The van der Waals surface area contributed by atoms with Crippen molar-refractivity contribution in [2.24, 2.45) is 0 Å². The van der Waals surface area contributed by atoms with Crippen LogP contribution in [0.2, 0.25) is 5.02 Å². The maximum Gasteiger partial charge on any atom is 0.146 e. The lowest BCUT2D eigenvalue weighted by Crippen LogP contribution is -2.18. The first kappa shape index (κ1) is 15.9. The lowest BCUT2D eigenvalue weighted by atomic mass is 10.00. The molecule has 108 valence electrons. The number of halogens is 2. The van der Waals surface area contributed by atoms with Gasteiger partial charge >= 0.3 is 0 Å². The van der Waals surface area contributed by atoms with Gasteiger partial charge in [-0.15, -0.1) is 11.3 Å². The van der Waals surface area contributed by atoms with Crippen LogP contribution in [0.4, 0.5) is 0 Å². The fraction of sp³-hybridized carbons (Fsp3) is 0.286. The summed E-state index contributed by atoms with van der Waals surface area (Å²) >= 11 is 10.4. The van der Waals surface area contributed by atoms with Crippen molar-refractivity contribution in [1.29, 1.82) is 0 Å². The Kier molecular flexibility index (Phi) is 5.54. The molecule has 3 nitrogen and oxygen atoms in total. The molecule has 0 amide bonds. The maximum absolute atomic E-state index is 6.33. The second-order valence-electron chi connectivity index (χ2n) is 4.11. The summed E-state index contributed by atoms with van der Waals surface area (Å²) in [5.41, 5.74) is 2.19. The highest BCUT2D eigenvalue weighted by Gasteiger charge is 2.21. The van der Waals surface area contributed by atoms with Crippen LogP contribution in [-0.2, 0) is 0 Å². The molecule has 0 radical (unpaired) electrons. The van der Waals surface area contributed by atoms with Crippen LogP contribution < -0.4 is 14.8 Å². The van der Waals surface area contributed by atoms with Crippen molar-refractivity contribution >= 4 is 45.5 Å². The van der Waals surface area contributed by atoms with Gasteiger partial charge in [-0.3, -0.25) is 0 Å². The van der Waals surface area contributed by atoms with Gasteiger partial charge in [0.2, 0.25) is 0 Å². The Hall–Kier alpha value is -0.500. The van der Waals surface area contributed by atoms with Crippen LogP contribution in [0, 0.1) is 2.88 Å². The van der Waals surface area contributed by atoms with Crippen molar-refractivity contribution in [2.45, 2.75) is 6.04 Å². The van der Waals surface area contributed by atoms with E-state index in [9.17, 15) is 0 Å². The molecule has 2 aromatic rings. The van der Waals surface area contributed by atoms with E-state index in [1.165, 1.54) is 8.45 Å². The molecule has 1 aromatic carbocycles. The van der Waals surface area contributed by atoms with Gasteiger partial charge in [-0.2, -0.15) is 0 Å². The molecule has 0 bridgehead atoms. The van der Waals surface area contributed by atoms with Gasteiger partial charge in [-0.05, 0) is 58.8 Å². The monoisotopic (exact) mass is 423 g/mol. The molecular formula is C14H15ClINO2S. The predicted octanol–water partition coefficient (Wildman–Crippen LogP) is 4.33. The van der Waals surface area contributed by atoms with Gasteiger partial charge in [-0.25, -0.2) is 0 Å². The van der Waals surface area contributed by atoms with E-state index in [1.54, 1.807) is 25.6 Å². The summed E-state index contributed by atoms with van der Waals surface area (Å²) in [5, 5.41) is 5.95. The molecule has 0 saturated carbocycles. The van der Waals surface area contributed by atoms with Gasteiger partial charge < -0.3 is 14.8 Å². The van der Waals surface area contributed by atoms with Crippen molar-refractivity contribution in [3.63, 3.8) is 0 Å². The summed E-state index contributed by atoms with van der Waals surface area (Å²) < 4.78 is 12.0. The molecule has 0 aliphatic rings. The molecule has 20 heavy (non-hydrogen) atoms. The fourth-order valence-electron chi connectivity index (χ4n) is 2.12. The minimum Gasteiger partial charge on any atom is -0.495 e. The van der Waals surface area contributed by atoms with Gasteiger partial charge in [0, 0.05) is 5.56 Å². The third-order valence-electron chi connectivity index (χ3n) is 3.04. The zero-order chi connectivity index (χ0) is 14.7. The topological polar surface area (TPSA) is 30.5 Å². The minimum absolute atomic E-state index is 0.0353. The fourth-order valence-corrected chi connectivity index (χ4v) is 3.85. The summed E-state index contributed by atoms with van der Waals surface area (Å²) in [6.45, 7) is 0. The molecule has 6 heteroatoms. The van der Waals surface area contributed by atoms with E-state index in [1.807, 2.05) is 19.2 Å². The second-order valence-corrected chi connectivity index (χ2v) is 7.29. The highest BCUT2D eigenvalue weighted by molar-refractivity contribution is 14.1. The van der Waals surface area contributed by atoms with Crippen molar-refractivity contribution in [1.82, 2.24) is 5.32 Å². The average molecular weight is 424 g/mol. The zero-order valence-electron chi connectivity index (χ0n) is 11.4. The Morgan fingerprint density at radius 3 is 2.55 bits per heavy atom. The molecule has 1 atom stereocenters. The van der Waals surface area contributed by atoms with Crippen molar-refractivity contribution < 1.29 is 9.47 Å². The predicted molar refractivity (Wildman–Crippen MR) is 92.5 cm³/mol. The third kappa shape index (κ3) is 3.05. The van der Waals surface area contributed by atoms with E-state index < -0.39 is 0 Å². The molecule has 0 aliphatic heterocycles. The lowest BCUT2D eigenvalue weighted by Gasteiger charge is -2.20. The number of hydrogen-bond donors (Lipinski definition) is 1. The highest BCUT2D eigenvalue weighted by Crippen LogP contribution is 2.41. The summed E-state index contributed by atoms with van der Waals surface area (Å²) in [4.78, 5) is 0. The van der Waals surface area contributed by atoms with E-state index in [4.69, 9.17) is 21.1 Å². The van der Waals surface area contributed by atoms with E-state index in [2.05, 4.69) is 39.4 Å². The highest BCUT2D eigenvalue weighted by atomic mass is 127. The first-order valence-electron chi connectivity index (χ1n) is 5.94. The SMILES string of the molecule is CNC(c1csc(I)c1)c1ccc(OC)c(Cl)c1OC. The number of rotatable bonds is 5. The molecular weight excluding hydrogens is 409 g/mol. The number of methoxy groups -OCH3 is 2. The lowest BCUT2D eigenvalue weighted by molar-refractivity contribution is 0.389. The molecule has 1 heterocycles. The molecule has 1 unspecified atom stereocenters. The van der Waals surface area contributed by atoms with Gasteiger partial charge in [0.1, 0.15) is 16.5 Å². The maximum atomic E-state index is 6.33.